The van der Waals surface area contributed by atoms with Crippen molar-refractivity contribution in [3.8, 4) is 11.4 Å². The van der Waals surface area contributed by atoms with Crippen molar-refractivity contribution in [3.63, 3.8) is 0 Å². The number of anilines is 3. The van der Waals surface area contributed by atoms with Crippen LogP contribution in [0.4, 0.5) is 17.3 Å². The Hall–Kier alpha value is -2.88. The van der Waals surface area contributed by atoms with Crippen LogP contribution in [0.15, 0.2) is 60.7 Å². The third-order valence-corrected chi connectivity index (χ3v) is 4.64. The van der Waals surface area contributed by atoms with Gasteiger partial charge in [-0.2, -0.15) is 0 Å². The quantitative estimate of drug-likeness (QED) is 0.719. The number of rotatable bonds is 4. The van der Waals surface area contributed by atoms with Crippen LogP contribution in [-0.2, 0) is 6.42 Å². The van der Waals surface area contributed by atoms with Gasteiger partial charge >= 0.3 is 0 Å². The van der Waals surface area contributed by atoms with Gasteiger partial charge < -0.3 is 10.2 Å². The number of benzene rings is 2. The lowest BCUT2D eigenvalue weighted by atomic mass is 10.1. The first-order chi connectivity index (χ1) is 12.6. The molecule has 0 bridgehead atoms. The van der Waals surface area contributed by atoms with Crippen LogP contribution in [0.3, 0.4) is 0 Å². The molecule has 0 saturated carbocycles. The maximum atomic E-state index is 4.92. The lowest BCUT2D eigenvalue weighted by Crippen LogP contribution is -2.25. The lowest BCUT2D eigenvalue weighted by Gasteiger charge is -2.25. The van der Waals surface area contributed by atoms with E-state index in [0.717, 1.165) is 29.4 Å². The SMILES string of the molecule is CC(C)Nc1cc(N2c3ccccc3CC2C)nc(-c2ccccc2)n1. The summed E-state index contributed by atoms with van der Waals surface area (Å²) < 4.78 is 0. The topological polar surface area (TPSA) is 41.0 Å². The van der Waals surface area contributed by atoms with Gasteiger partial charge in [-0.15, -0.1) is 0 Å². The number of fused-ring (bicyclic) bond motifs is 1. The van der Waals surface area contributed by atoms with Gasteiger partial charge in [0.05, 0.1) is 0 Å². The van der Waals surface area contributed by atoms with Crippen molar-refractivity contribution in [2.24, 2.45) is 0 Å². The number of nitrogens with one attached hydrogen (secondary N) is 1. The maximum absolute atomic E-state index is 4.92. The van der Waals surface area contributed by atoms with Crippen molar-refractivity contribution in [2.45, 2.75) is 39.3 Å². The summed E-state index contributed by atoms with van der Waals surface area (Å²) >= 11 is 0. The molecule has 2 aromatic carbocycles. The first-order valence-electron chi connectivity index (χ1n) is 9.20. The predicted molar refractivity (Wildman–Crippen MR) is 108 cm³/mol. The summed E-state index contributed by atoms with van der Waals surface area (Å²) in [7, 11) is 0. The number of hydrogen-bond acceptors (Lipinski definition) is 4. The molecule has 132 valence electrons. The second-order valence-electron chi connectivity index (χ2n) is 7.15. The Labute approximate surface area is 154 Å². The minimum absolute atomic E-state index is 0.310. The number of hydrogen-bond donors (Lipinski definition) is 1. The summed E-state index contributed by atoms with van der Waals surface area (Å²) in [4.78, 5) is 12.0. The van der Waals surface area contributed by atoms with Crippen molar-refractivity contribution >= 4 is 17.3 Å². The average Bonchev–Trinajstić information content (AvgIpc) is 2.97. The van der Waals surface area contributed by atoms with E-state index >= 15 is 0 Å². The Kier molecular flexibility index (Phi) is 4.33. The Morgan fingerprint density at radius 3 is 2.50 bits per heavy atom. The molecule has 3 aromatic rings. The molecule has 26 heavy (non-hydrogen) atoms. The van der Waals surface area contributed by atoms with Gasteiger partial charge in [-0.25, -0.2) is 9.97 Å². The van der Waals surface area contributed by atoms with Crippen molar-refractivity contribution in [1.82, 2.24) is 9.97 Å². The lowest BCUT2D eigenvalue weighted by molar-refractivity contribution is 0.749. The van der Waals surface area contributed by atoms with Gasteiger partial charge in [-0.05, 0) is 38.8 Å². The van der Waals surface area contributed by atoms with Crippen LogP contribution in [0.2, 0.25) is 0 Å². The van der Waals surface area contributed by atoms with Crippen LogP contribution in [-0.4, -0.2) is 22.1 Å². The van der Waals surface area contributed by atoms with Crippen LogP contribution >= 0.6 is 0 Å². The van der Waals surface area contributed by atoms with Crippen molar-refractivity contribution in [1.29, 1.82) is 0 Å². The Morgan fingerprint density at radius 2 is 1.73 bits per heavy atom. The third-order valence-electron chi connectivity index (χ3n) is 4.64. The van der Waals surface area contributed by atoms with Crippen LogP contribution in [0, 0.1) is 0 Å². The molecule has 1 aromatic heterocycles. The average molecular weight is 344 g/mol. The minimum atomic E-state index is 0.310. The first kappa shape index (κ1) is 16.6. The molecule has 4 nitrogen and oxygen atoms in total. The fraction of sp³-hybridized carbons (Fsp3) is 0.273. The molecule has 1 aliphatic heterocycles. The van der Waals surface area contributed by atoms with E-state index in [9.17, 15) is 0 Å². The fourth-order valence-electron chi connectivity index (χ4n) is 3.56. The van der Waals surface area contributed by atoms with E-state index in [-0.39, 0.29) is 0 Å². The van der Waals surface area contributed by atoms with Crippen LogP contribution in [0.25, 0.3) is 11.4 Å². The van der Waals surface area contributed by atoms with Gasteiger partial charge in [0.25, 0.3) is 0 Å². The molecule has 1 unspecified atom stereocenters. The molecule has 0 spiro atoms. The Balaban J connectivity index is 1.83. The highest BCUT2D eigenvalue weighted by molar-refractivity contribution is 5.72. The number of para-hydroxylation sites is 1. The highest BCUT2D eigenvalue weighted by atomic mass is 15.2. The molecule has 1 aliphatic rings. The monoisotopic (exact) mass is 344 g/mol. The minimum Gasteiger partial charge on any atom is -0.368 e. The summed E-state index contributed by atoms with van der Waals surface area (Å²) in [5.74, 6) is 2.56. The standard InChI is InChI=1S/C22H24N4/c1-15(2)23-20-14-21(25-22(24-20)17-9-5-4-6-10-17)26-16(3)13-18-11-7-8-12-19(18)26/h4-12,14-16H,13H2,1-3H3,(H,23,24,25). The Morgan fingerprint density at radius 1 is 1.00 bits per heavy atom. The van der Waals surface area contributed by atoms with Gasteiger partial charge in [0.1, 0.15) is 11.6 Å². The van der Waals surface area contributed by atoms with Gasteiger partial charge in [0, 0.05) is 29.4 Å². The van der Waals surface area contributed by atoms with Gasteiger partial charge in [0.15, 0.2) is 5.82 Å². The summed E-state index contributed by atoms with van der Waals surface area (Å²) in [6.45, 7) is 6.50. The fourth-order valence-corrected chi connectivity index (χ4v) is 3.56. The van der Waals surface area contributed by atoms with E-state index < -0.39 is 0 Å². The highest BCUT2D eigenvalue weighted by Gasteiger charge is 2.28. The molecule has 4 rings (SSSR count). The molecule has 4 heteroatoms. The van der Waals surface area contributed by atoms with Crippen LogP contribution in [0.1, 0.15) is 26.3 Å². The van der Waals surface area contributed by atoms with E-state index in [1.54, 1.807) is 0 Å². The second-order valence-corrected chi connectivity index (χ2v) is 7.15. The van der Waals surface area contributed by atoms with E-state index in [2.05, 4.69) is 73.5 Å². The van der Waals surface area contributed by atoms with E-state index in [1.807, 2.05) is 18.2 Å². The van der Waals surface area contributed by atoms with E-state index in [1.165, 1.54) is 11.3 Å². The zero-order valence-electron chi connectivity index (χ0n) is 15.5. The van der Waals surface area contributed by atoms with Gasteiger partial charge in [-0.1, -0.05) is 48.5 Å². The first-order valence-corrected chi connectivity index (χ1v) is 9.20. The normalized spacial score (nSPS) is 16.0. The number of nitrogens with zero attached hydrogens (tertiary/aromatic N) is 3. The summed E-state index contributed by atoms with van der Waals surface area (Å²) in [5.41, 5.74) is 3.65. The van der Waals surface area contributed by atoms with E-state index in [4.69, 9.17) is 9.97 Å². The Bertz CT molecular complexity index is 905. The molecule has 1 N–H and O–H groups in total. The molecule has 1 atom stereocenters. The molecule has 0 saturated heterocycles. The van der Waals surface area contributed by atoms with Crippen molar-refractivity contribution in [2.75, 3.05) is 10.2 Å². The highest BCUT2D eigenvalue weighted by Crippen LogP contribution is 2.38. The third kappa shape index (κ3) is 3.15. The van der Waals surface area contributed by atoms with E-state index in [0.29, 0.717) is 12.1 Å². The predicted octanol–water partition coefficient (Wildman–Crippen LogP) is 5.05. The molecule has 0 fully saturated rings. The summed E-state index contributed by atoms with van der Waals surface area (Å²) in [6, 6.07) is 21.5. The summed E-state index contributed by atoms with van der Waals surface area (Å²) in [6.07, 6.45) is 1.04. The molecule has 0 aliphatic carbocycles. The summed E-state index contributed by atoms with van der Waals surface area (Å²) in [5, 5.41) is 3.44. The van der Waals surface area contributed by atoms with Crippen molar-refractivity contribution < 1.29 is 0 Å². The second kappa shape index (κ2) is 6.79. The molecule has 0 radical (unpaired) electrons. The molecule has 0 amide bonds. The molecular formula is C22H24N4. The van der Waals surface area contributed by atoms with Crippen LogP contribution < -0.4 is 10.2 Å². The smallest absolute Gasteiger partial charge is 0.163 e. The van der Waals surface area contributed by atoms with Gasteiger partial charge in [-0.3, -0.25) is 0 Å². The maximum Gasteiger partial charge on any atom is 0.163 e. The zero-order chi connectivity index (χ0) is 18.1. The van der Waals surface area contributed by atoms with Crippen molar-refractivity contribution in [3.05, 3.63) is 66.2 Å². The molecule has 2 heterocycles. The van der Waals surface area contributed by atoms with Gasteiger partial charge in [0.2, 0.25) is 0 Å². The number of aromatic nitrogens is 2. The zero-order valence-corrected chi connectivity index (χ0v) is 15.5. The molecular weight excluding hydrogens is 320 g/mol. The largest absolute Gasteiger partial charge is 0.368 e. The van der Waals surface area contributed by atoms with Crippen LogP contribution in [0.5, 0.6) is 0 Å².